The van der Waals surface area contributed by atoms with Crippen molar-refractivity contribution in [2.24, 2.45) is 0 Å². The molecule has 1 aliphatic rings. The molecule has 0 unspecified atom stereocenters. The van der Waals surface area contributed by atoms with Crippen LogP contribution >= 0.6 is 11.8 Å². The van der Waals surface area contributed by atoms with Crippen molar-refractivity contribution in [2.75, 3.05) is 12.6 Å². The Morgan fingerprint density at radius 2 is 1.75 bits per heavy atom. The van der Waals surface area contributed by atoms with E-state index in [0.29, 0.717) is 11.0 Å². The Hall–Kier alpha value is -3.23. The molecule has 0 bridgehead atoms. The highest BCUT2D eigenvalue weighted by atomic mass is 32.2. The number of anilines is 1. The Labute approximate surface area is 217 Å². The highest BCUT2D eigenvalue weighted by Crippen LogP contribution is 2.35. The molecule has 7 nitrogen and oxygen atoms in total. The van der Waals surface area contributed by atoms with Gasteiger partial charge in [0, 0.05) is 17.0 Å². The molecule has 0 atom stereocenters. The number of aromatic nitrogens is 4. The molecule has 0 saturated heterocycles. The van der Waals surface area contributed by atoms with Gasteiger partial charge in [-0.15, -0.1) is 11.8 Å². The Kier molecular flexibility index (Phi) is 11.4. The van der Waals surface area contributed by atoms with Gasteiger partial charge in [-0.3, -0.25) is 15.3 Å². The molecular formula is C28H35N5O2S. The predicted octanol–water partition coefficient (Wildman–Crippen LogP) is 7.29. The summed E-state index contributed by atoms with van der Waals surface area (Å²) < 4.78 is 0. The molecule has 0 aliphatic heterocycles. The Balaban J connectivity index is 0.000000304. The van der Waals surface area contributed by atoms with Crippen molar-refractivity contribution >= 4 is 28.5 Å². The summed E-state index contributed by atoms with van der Waals surface area (Å²) in [7, 11) is 1.58. The van der Waals surface area contributed by atoms with Crippen LogP contribution < -0.4 is 5.48 Å². The van der Waals surface area contributed by atoms with E-state index in [1.807, 2.05) is 36.0 Å². The van der Waals surface area contributed by atoms with Crippen LogP contribution in [0.15, 0.2) is 72.3 Å². The quantitative estimate of drug-likeness (QED) is 0.216. The minimum Gasteiger partial charge on any atom is -0.508 e. The summed E-state index contributed by atoms with van der Waals surface area (Å²) in [6, 6.07) is 14.6. The lowest BCUT2D eigenvalue weighted by atomic mass is 10.0. The number of fused-ring (bicyclic) bond motifs is 1. The SMILES string of the molecule is CCC.CONc1cncc(-c2ccc3ncnc(SC4CCCCC4)c3n2)c1.Oc1ccccc1. The molecule has 0 amide bonds. The van der Waals surface area contributed by atoms with Gasteiger partial charge in [0.15, 0.2) is 0 Å². The number of phenolic OH excluding ortho intramolecular Hbond substituents is 1. The molecule has 1 saturated carbocycles. The number of thioether (sulfide) groups is 1. The largest absolute Gasteiger partial charge is 0.508 e. The summed E-state index contributed by atoms with van der Waals surface area (Å²) in [5, 5.41) is 10.2. The van der Waals surface area contributed by atoms with E-state index in [4.69, 9.17) is 14.9 Å². The fraction of sp³-hybridized carbons (Fsp3) is 0.357. The summed E-state index contributed by atoms with van der Waals surface area (Å²) in [6.07, 6.45) is 12.9. The highest BCUT2D eigenvalue weighted by molar-refractivity contribution is 8.00. The predicted molar refractivity (Wildman–Crippen MR) is 148 cm³/mol. The van der Waals surface area contributed by atoms with E-state index in [1.54, 1.807) is 50.1 Å². The molecule has 1 aliphatic carbocycles. The van der Waals surface area contributed by atoms with E-state index in [2.05, 4.69) is 34.3 Å². The van der Waals surface area contributed by atoms with Gasteiger partial charge in [0.2, 0.25) is 0 Å². The maximum atomic E-state index is 8.63. The third kappa shape index (κ3) is 8.46. The van der Waals surface area contributed by atoms with Crippen LogP contribution in [-0.4, -0.2) is 37.4 Å². The number of aromatic hydroxyl groups is 1. The molecule has 1 fully saturated rings. The zero-order valence-electron chi connectivity index (χ0n) is 21.2. The number of rotatable bonds is 5. The Morgan fingerprint density at radius 3 is 2.42 bits per heavy atom. The molecule has 3 aromatic heterocycles. The van der Waals surface area contributed by atoms with E-state index in [0.717, 1.165) is 33.0 Å². The molecule has 0 radical (unpaired) electrons. The average molecular weight is 506 g/mol. The van der Waals surface area contributed by atoms with Gasteiger partial charge in [-0.2, -0.15) is 0 Å². The van der Waals surface area contributed by atoms with Gasteiger partial charge in [0.1, 0.15) is 22.6 Å². The topological polar surface area (TPSA) is 93.0 Å². The number of nitrogens with one attached hydrogen (secondary N) is 1. The molecule has 0 spiro atoms. The number of hydrogen-bond acceptors (Lipinski definition) is 8. The lowest BCUT2D eigenvalue weighted by molar-refractivity contribution is 0.271. The first-order valence-corrected chi connectivity index (χ1v) is 13.3. The van der Waals surface area contributed by atoms with Crippen molar-refractivity contribution in [3.05, 3.63) is 67.3 Å². The van der Waals surface area contributed by atoms with Crippen LogP contribution in [0.1, 0.15) is 52.4 Å². The van der Waals surface area contributed by atoms with Crippen molar-refractivity contribution < 1.29 is 9.94 Å². The number of hydrogen-bond donors (Lipinski definition) is 2. The maximum Gasteiger partial charge on any atom is 0.126 e. The molecule has 3 heterocycles. The number of para-hydroxylation sites is 1. The van der Waals surface area contributed by atoms with Crippen LogP contribution in [0.25, 0.3) is 22.3 Å². The zero-order valence-corrected chi connectivity index (χ0v) is 22.0. The van der Waals surface area contributed by atoms with Gasteiger partial charge in [-0.05, 0) is 43.2 Å². The zero-order chi connectivity index (χ0) is 25.6. The fourth-order valence-corrected chi connectivity index (χ4v) is 4.94. The van der Waals surface area contributed by atoms with Gasteiger partial charge < -0.3 is 5.11 Å². The second-order valence-corrected chi connectivity index (χ2v) is 9.72. The molecule has 8 heteroatoms. The summed E-state index contributed by atoms with van der Waals surface area (Å²) >= 11 is 1.85. The van der Waals surface area contributed by atoms with Crippen LogP contribution in [0.2, 0.25) is 0 Å². The van der Waals surface area contributed by atoms with E-state index >= 15 is 0 Å². The molecule has 5 rings (SSSR count). The van der Waals surface area contributed by atoms with Crippen molar-refractivity contribution in [2.45, 2.75) is 62.6 Å². The normalized spacial score (nSPS) is 13.2. The van der Waals surface area contributed by atoms with Crippen molar-refractivity contribution in [3.8, 4) is 17.0 Å². The molecule has 36 heavy (non-hydrogen) atoms. The van der Waals surface area contributed by atoms with E-state index < -0.39 is 0 Å². The minimum absolute atomic E-state index is 0.322. The van der Waals surface area contributed by atoms with Gasteiger partial charge in [-0.25, -0.2) is 15.0 Å². The Morgan fingerprint density at radius 1 is 1.00 bits per heavy atom. The van der Waals surface area contributed by atoms with E-state index in [-0.39, 0.29) is 0 Å². The lowest BCUT2D eigenvalue weighted by Gasteiger charge is -2.20. The first-order valence-electron chi connectivity index (χ1n) is 12.4. The summed E-state index contributed by atoms with van der Waals surface area (Å²) in [6.45, 7) is 4.25. The van der Waals surface area contributed by atoms with E-state index in [1.165, 1.54) is 38.5 Å². The lowest BCUT2D eigenvalue weighted by Crippen LogP contribution is -2.08. The van der Waals surface area contributed by atoms with Gasteiger partial charge in [-0.1, -0.05) is 57.7 Å². The summed E-state index contributed by atoms with van der Waals surface area (Å²) in [5.74, 6) is 0.322. The van der Waals surface area contributed by atoms with Crippen LogP contribution in [0.4, 0.5) is 5.69 Å². The van der Waals surface area contributed by atoms with Gasteiger partial charge >= 0.3 is 0 Å². The maximum absolute atomic E-state index is 8.63. The minimum atomic E-state index is 0.322. The standard InChI is InChI=1S/C19H21N5OS.C6H6O.C3H8/c1-25-24-14-9-13(10-20-11-14)16-7-8-17-18(23-16)19(22-12-21-17)26-15-5-3-2-4-6-15;7-6-4-2-1-3-5-6;1-3-2/h7-12,15,24H,2-6H2,1H3;1-5,7H;3H2,1-2H3. The second-order valence-electron chi connectivity index (χ2n) is 8.43. The van der Waals surface area contributed by atoms with Gasteiger partial charge in [0.25, 0.3) is 0 Å². The molecule has 190 valence electrons. The number of benzene rings is 1. The van der Waals surface area contributed by atoms with Gasteiger partial charge in [0.05, 0.1) is 30.2 Å². The summed E-state index contributed by atoms with van der Waals surface area (Å²) in [5.41, 5.74) is 7.10. The van der Waals surface area contributed by atoms with Crippen LogP contribution in [0, 0.1) is 0 Å². The first kappa shape index (κ1) is 27.4. The Bertz CT molecular complexity index is 1190. The third-order valence-corrected chi connectivity index (χ3v) is 6.62. The number of pyridine rings is 2. The fourth-order valence-electron chi connectivity index (χ4n) is 3.69. The van der Waals surface area contributed by atoms with Crippen molar-refractivity contribution in [1.82, 2.24) is 19.9 Å². The smallest absolute Gasteiger partial charge is 0.126 e. The van der Waals surface area contributed by atoms with E-state index in [9.17, 15) is 0 Å². The molecule has 4 aromatic rings. The molecular weight excluding hydrogens is 470 g/mol. The third-order valence-electron chi connectivity index (χ3n) is 5.29. The van der Waals surface area contributed by atoms with Crippen molar-refractivity contribution in [3.63, 3.8) is 0 Å². The number of nitrogens with zero attached hydrogens (tertiary/aromatic N) is 4. The first-order chi connectivity index (χ1) is 17.6. The average Bonchev–Trinajstić information content (AvgIpc) is 2.91. The van der Waals surface area contributed by atoms with Crippen LogP contribution in [0.5, 0.6) is 5.75 Å². The van der Waals surface area contributed by atoms with Crippen molar-refractivity contribution in [1.29, 1.82) is 0 Å². The molecule has 1 aromatic carbocycles. The van der Waals surface area contributed by atoms with Crippen LogP contribution in [-0.2, 0) is 4.84 Å². The molecule has 2 N–H and O–H groups in total. The number of phenols is 1. The highest BCUT2D eigenvalue weighted by Gasteiger charge is 2.18. The van der Waals surface area contributed by atoms with Crippen LogP contribution in [0.3, 0.4) is 0 Å². The second kappa shape index (κ2) is 15.0. The summed E-state index contributed by atoms with van der Waals surface area (Å²) in [4.78, 5) is 23.0. The monoisotopic (exact) mass is 505 g/mol.